The third-order valence-corrected chi connectivity index (χ3v) is 0.706. The van der Waals surface area contributed by atoms with Crippen LogP contribution in [-0.4, -0.2) is 11.4 Å². The van der Waals surface area contributed by atoms with Crippen LogP contribution in [-0.2, 0) is 0 Å². The molecule has 0 atom stereocenters. The molecule has 1 aromatic carbocycles. The maximum absolute atomic E-state index is 8.25. The fraction of sp³-hybridized carbons (Fsp3) is 0. The van der Waals surface area contributed by atoms with Gasteiger partial charge in [-0.3, -0.25) is 0 Å². The van der Waals surface area contributed by atoms with Gasteiger partial charge >= 0.3 is 0 Å². The molecule has 0 spiro atoms. The van der Waals surface area contributed by atoms with Gasteiger partial charge in [0, 0.05) is 0 Å². The molecule has 0 amide bonds. The summed E-state index contributed by atoms with van der Waals surface area (Å²) in [6.45, 7) is 0. The van der Waals surface area contributed by atoms with Crippen molar-refractivity contribution >= 4 is 6.21 Å². The number of benzene rings is 1. The molecule has 0 unspecified atom stereocenters. The Morgan fingerprint density at radius 3 is 2.67 bits per heavy atom. The first kappa shape index (κ1) is 2.14. The molecule has 2 nitrogen and oxygen atoms in total. The van der Waals surface area contributed by atoms with E-state index in [9.17, 15) is 0 Å². The summed E-state index contributed by atoms with van der Waals surface area (Å²) in [5.74, 6) is 0. The number of nitrogens with zero attached hydrogens (tertiary/aromatic N) is 1. The third-order valence-electron chi connectivity index (χ3n) is 0.706. The average molecular weight is 126 g/mol. The van der Waals surface area contributed by atoms with Crippen molar-refractivity contribution in [3.8, 4) is 0 Å². The standard InChI is InChI=1S/C7H7NO/c9-8-6-7-4-2-1-3-5-7/h1-6,9H/b8-6+/i1D,2D,3D,4D,5D. The molecule has 2 heteroatoms. The van der Waals surface area contributed by atoms with Crippen molar-refractivity contribution in [2.75, 3.05) is 0 Å². The molecule has 0 aromatic heterocycles. The predicted octanol–water partition coefficient (Wildman–Crippen LogP) is 1.49. The zero-order valence-electron chi connectivity index (χ0n) is 9.47. The second-order valence-corrected chi connectivity index (χ2v) is 1.28. The monoisotopic (exact) mass is 126 g/mol. The van der Waals surface area contributed by atoms with Crippen LogP contribution >= 0.6 is 0 Å². The SMILES string of the molecule is [2H]c1c([2H])c([2H])c(/C=N/O)c([2H])c1[2H]. The summed E-state index contributed by atoms with van der Waals surface area (Å²) in [7, 11) is 0. The van der Waals surface area contributed by atoms with E-state index in [4.69, 9.17) is 12.1 Å². The molecule has 9 heavy (non-hydrogen) atoms. The van der Waals surface area contributed by atoms with Crippen molar-refractivity contribution in [1.82, 2.24) is 0 Å². The smallest absolute Gasteiger partial charge is 0.0733 e. The van der Waals surface area contributed by atoms with E-state index in [0.29, 0.717) is 0 Å². The Morgan fingerprint density at radius 1 is 1.44 bits per heavy atom. The van der Waals surface area contributed by atoms with E-state index in [-0.39, 0.29) is 17.6 Å². The molecule has 0 heterocycles. The number of rotatable bonds is 1. The van der Waals surface area contributed by atoms with Crippen molar-refractivity contribution in [1.29, 1.82) is 0 Å². The first-order valence-corrected chi connectivity index (χ1v) is 2.25. The molecule has 1 aromatic rings. The van der Waals surface area contributed by atoms with Gasteiger partial charge in [0.05, 0.1) is 13.1 Å². The van der Waals surface area contributed by atoms with E-state index < -0.39 is 18.1 Å². The molecule has 0 aliphatic carbocycles. The molecule has 0 bridgehead atoms. The Balaban J connectivity index is 3.59. The summed E-state index contributed by atoms with van der Waals surface area (Å²) in [6, 6.07) is -2.11. The molecule has 46 valence electrons. The molecular formula is C7H7NO. The summed E-state index contributed by atoms with van der Waals surface area (Å²) in [6.07, 6.45) is 0.820. The molecule has 0 saturated carbocycles. The van der Waals surface area contributed by atoms with Gasteiger partial charge in [-0.2, -0.15) is 0 Å². The Hall–Kier alpha value is -1.31. The summed E-state index contributed by atoms with van der Waals surface area (Å²) in [5.41, 5.74) is -0.126. The van der Waals surface area contributed by atoms with Crippen LogP contribution in [0.1, 0.15) is 12.4 Å². The second kappa shape index (κ2) is 2.87. The molecular weight excluding hydrogens is 114 g/mol. The maximum atomic E-state index is 8.25. The Kier molecular flexibility index (Phi) is 0.681. The largest absolute Gasteiger partial charge is 0.411 e. The predicted molar refractivity (Wildman–Crippen MR) is 35.8 cm³/mol. The van der Waals surface area contributed by atoms with Gasteiger partial charge in [-0.1, -0.05) is 35.4 Å². The molecule has 0 radical (unpaired) electrons. The van der Waals surface area contributed by atoms with Gasteiger partial charge in [-0.25, -0.2) is 0 Å². The van der Waals surface area contributed by atoms with Crippen LogP contribution in [0, 0.1) is 0 Å². The average Bonchev–Trinajstić information content (AvgIpc) is 2.19. The number of oxime groups is 1. The second-order valence-electron chi connectivity index (χ2n) is 1.28. The van der Waals surface area contributed by atoms with Crippen LogP contribution in [0.4, 0.5) is 0 Å². The van der Waals surface area contributed by atoms with Crippen LogP contribution in [0.5, 0.6) is 0 Å². The summed E-state index contributed by atoms with van der Waals surface area (Å²) in [5, 5.41) is 10.9. The highest BCUT2D eigenvalue weighted by molar-refractivity contribution is 5.78. The van der Waals surface area contributed by atoms with Crippen molar-refractivity contribution in [2.45, 2.75) is 0 Å². The van der Waals surface area contributed by atoms with Crippen molar-refractivity contribution in [3.63, 3.8) is 0 Å². The normalized spacial score (nSPS) is 18.0. The minimum absolute atomic E-state index is 0.126. The lowest BCUT2D eigenvalue weighted by molar-refractivity contribution is 0.322. The Labute approximate surface area is 60.5 Å². The lowest BCUT2D eigenvalue weighted by atomic mass is 10.2. The molecule has 1 N–H and O–H groups in total. The fourth-order valence-corrected chi connectivity index (χ4v) is 0.382. The van der Waals surface area contributed by atoms with E-state index in [2.05, 4.69) is 5.16 Å². The minimum atomic E-state index is -0.463. The zero-order valence-corrected chi connectivity index (χ0v) is 4.47. The molecule has 0 saturated heterocycles. The Bertz CT molecular complexity index is 375. The minimum Gasteiger partial charge on any atom is -0.411 e. The van der Waals surface area contributed by atoms with Crippen LogP contribution in [0.3, 0.4) is 0 Å². The summed E-state index contributed by atoms with van der Waals surface area (Å²) < 4.78 is 36.5. The molecule has 0 aliphatic rings. The summed E-state index contributed by atoms with van der Waals surface area (Å²) >= 11 is 0. The zero-order chi connectivity index (χ0) is 10.9. The van der Waals surface area contributed by atoms with Crippen LogP contribution in [0.2, 0.25) is 0 Å². The van der Waals surface area contributed by atoms with Crippen molar-refractivity contribution in [2.24, 2.45) is 5.16 Å². The number of hydrogen-bond acceptors (Lipinski definition) is 2. The highest BCUT2D eigenvalue weighted by Crippen LogP contribution is 1.92. The topological polar surface area (TPSA) is 32.6 Å². The Morgan fingerprint density at radius 2 is 2.11 bits per heavy atom. The van der Waals surface area contributed by atoms with Gasteiger partial charge < -0.3 is 5.21 Å². The highest BCUT2D eigenvalue weighted by atomic mass is 16.4. The molecule has 0 aliphatic heterocycles. The lowest BCUT2D eigenvalue weighted by Gasteiger charge is -1.85. The number of hydrogen-bond donors (Lipinski definition) is 1. The van der Waals surface area contributed by atoms with Gasteiger partial charge in [-0.05, 0) is 5.56 Å². The van der Waals surface area contributed by atoms with Crippen molar-refractivity contribution < 1.29 is 12.1 Å². The van der Waals surface area contributed by atoms with Gasteiger partial charge in [0.15, 0.2) is 0 Å². The first-order valence-electron chi connectivity index (χ1n) is 4.75. The van der Waals surface area contributed by atoms with E-state index in [0.717, 1.165) is 6.21 Å². The van der Waals surface area contributed by atoms with E-state index in [1.165, 1.54) is 0 Å². The molecule has 0 fully saturated rings. The van der Waals surface area contributed by atoms with Crippen LogP contribution < -0.4 is 0 Å². The maximum Gasteiger partial charge on any atom is 0.0733 e. The van der Waals surface area contributed by atoms with Gasteiger partial charge in [0.2, 0.25) is 0 Å². The van der Waals surface area contributed by atoms with Crippen molar-refractivity contribution in [3.05, 3.63) is 35.8 Å². The van der Waals surface area contributed by atoms with Gasteiger partial charge in [0.25, 0.3) is 0 Å². The highest BCUT2D eigenvalue weighted by Gasteiger charge is 1.79. The van der Waals surface area contributed by atoms with E-state index in [1.54, 1.807) is 0 Å². The van der Waals surface area contributed by atoms with Crippen LogP contribution in [0.25, 0.3) is 0 Å². The quantitative estimate of drug-likeness (QED) is 0.345. The van der Waals surface area contributed by atoms with Crippen LogP contribution in [0.15, 0.2) is 35.4 Å². The first-order chi connectivity index (χ1) is 6.50. The fourth-order valence-electron chi connectivity index (χ4n) is 0.382. The van der Waals surface area contributed by atoms with E-state index >= 15 is 0 Å². The van der Waals surface area contributed by atoms with E-state index in [1.807, 2.05) is 0 Å². The third kappa shape index (κ3) is 1.57. The summed E-state index contributed by atoms with van der Waals surface area (Å²) in [4.78, 5) is 0. The lowest BCUT2D eigenvalue weighted by Crippen LogP contribution is -1.76. The van der Waals surface area contributed by atoms with Gasteiger partial charge in [0.1, 0.15) is 0 Å². The molecule has 1 rings (SSSR count). The van der Waals surface area contributed by atoms with Gasteiger partial charge in [-0.15, -0.1) is 0 Å².